The number of halogens is 1. The topological polar surface area (TPSA) is 32.8 Å². The predicted molar refractivity (Wildman–Crippen MR) is 88.2 cm³/mol. The van der Waals surface area contributed by atoms with Crippen molar-refractivity contribution in [2.75, 3.05) is 40.8 Å². The van der Waals surface area contributed by atoms with Gasteiger partial charge in [-0.15, -0.1) is 0 Å². The summed E-state index contributed by atoms with van der Waals surface area (Å²) in [6.07, 6.45) is 2.26. The second-order valence-corrected chi connectivity index (χ2v) is 6.58. The molecule has 4 nitrogen and oxygen atoms in total. The summed E-state index contributed by atoms with van der Waals surface area (Å²) in [5, 5.41) is 0. The number of rotatable bonds is 5. The highest BCUT2D eigenvalue weighted by atomic mass is 79.9. The number of carbonyl (C=O) groups excluding carboxylic acids is 1. The maximum atomic E-state index is 12.4. The smallest absolute Gasteiger partial charge is 0.176 e. The lowest BCUT2D eigenvalue weighted by atomic mass is 10.0. The van der Waals surface area contributed by atoms with Crippen molar-refractivity contribution in [2.45, 2.75) is 18.9 Å². The van der Waals surface area contributed by atoms with Crippen LogP contribution in [-0.4, -0.2) is 62.5 Å². The van der Waals surface area contributed by atoms with Crippen molar-refractivity contribution in [3.63, 3.8) is 0 Å². The van der Waals surface area contributed by atoms with Crippen LogP contribution in [0.3, 0.4) is 0 Å². The van der Waals surface area contributed by atoms with Gasteiger partial charge in [-0.2, -0.15) is 0 Å². The molecular formula is C16H23BrN2O2. The van der Waals surface area contributed by atoms with Crippen molar-refractivity contribution in [2.24, 2.45) is 0 Å². The number of nitrogens with zero attached hydrogens (tertiary/aromatic N) is 2. The number of likely N-dealkylation sites (tertiary alicyclic amines) is 1. The Balaban J connectivity index is 1.96. The van der Waals surface area contributed by atoms with Crippen LogP contribution in [0.15, 0.2) is 22.7 Å². The second-order valence-electron chi connectivity index (χ2n) is 5.72. The Bertz CT molecular complexity index is 499. The van der Waals surface area contributed by atoms with Gasteiger partial charge in [0.25, 0.3) is 0 Å². The van der Waals surface area contributed by atoms with E-state index in [2.05, 4.69) is 32.8 Å². The van der Waals surface area contributed by atoms with Gasteiger partial charge in [-0.05, 0) is 74.2 Å². The summed E-state index contributed by atoms with van der Waals surface area (Å²) in [5.74, 6) is 0.898. The zero-order valence-corrected chi connectivity index (χ0v) is 14.5. The molecular weight excluding hydrogens is 332 g/mol. The van der Waals surface area contributed by atoms with Crippen LogP contribution in [-0.2, 0) is 0 Å². The van der Waals surface area contributed by atoms with E-state index in [1.54, 1.807) is 7.11 Å². The van der Waals surface area contributed by atoms with E-state index in [1.807, 2.05) is 25.2 Å². The molecule has 2 rings (SSSR count). The summed E-state index contributed by atoms with van der Waals surface area (Å²) in [4.78, 5) is 16.9. The molecule has 1 aliphatic heterocycles. The number of ketones is 1. The van der Waals surface area contributed by atoms with Gasteiger partial charge in [0.2, 0.25) is 0 Å². The Labute approximate surface area is 135 Å². The summed E-state index contributed by atoms with van der Waals surface area (Å²) in [6.45, 7) is 2.68. The first kappa shape index (κ1) is 16.5. The van der Waals surface area contributed by atoms with Crippen molar-refractivity contribution >= 4 is 21.7 Å². The van der Waals surface area contributed by atoms with Gasteiger partial charge < -0.3 is 9.64 Å². The molecule has 0 N–H and O–H groups in total. The first-order valence-electron chi connectivity index (χ1n) is 7.26. The Kier molecular flexibility index (Phi) is 5.79. The molecule has 1 heterocycles. The number of piperidine rings is 1. The molecule has 1 aromatic carbocycles. The van der Waals surface area contributed by atoms with Crippen LogP contribution >= 0.6 is 15.9 Å². The van der Waals surface area contributed by atoms with Gasteiger partial charge in [0.15, 0.2) is 5.78 Å². The summed E-state index contributed by atoms with van der Waals surface area (Å²) in [6, 6.07) is 6.00. The van der Waals surface area contributed by atoms with E-state index < -0.39 is 0 Å². The molecule has 0 aliphatic carbocycles. The highest BCUT2D eigenvalue weighted by molar-refractivity contribution is 9.10. The predicted octanol–water partition coefficient (Wildman–Crippen LogP) is 2.67. The quantitative estimate of drug-likeness (QED) is 0.761. The number of hydrogen-bond donors (Lipinski definition) is 0. The van der Waals surface area contributed by atoms with E-state index in [0.29, 0.717) is 12.6 Å². The fraction of sp³-hybridized carbons (Fsp3) is 0.562. The van der Waals surface area contributed by atoms with Crippen LogP contribution in [0.1, 0.15) is 23.2 Å². The fourth-order valence-corrected chi connectivity index (χ4v) is 3.26. The number of Topliss-reactive ketones (excluding diaryl/α,β-unsaturated/α-hetero) is 1. The van der Waals surface area contributed by atoms with E-state index in [1.165, 1.54) is 0 Å². The van der Waals surface area contributed by atoms with Gasteiger partial charge in [-0.3, -0.25) is 9.69 Å². The largest absolute Gasteiger partial charge is 0.496 e. The number of benzene rings is 1. The second kappa shape index (κ2) is 7.38. The molecule has 1 aromatic rings. The lowest BCUT2D eigenvalue weighted by Crippen LogP contribution is -2.43. The van der Waals surface area contributed by atoms with Crippen LogP contribution < -0.4 is 4.74 Å². The third-order valence-electron chi connectivity index (χ3n) is 4.18. The normalized spacial score (nSPS) is 17.2. The first-order valence-corrected chi connectivity index (χ1v) is 8.06. The third-order valence-corrected chi connectivity index (χ3v) is 4.80. The summed E-state index contributed by atoms with van der Waals surface area (Å²) in [5.41, 5.74) is 0.724. The van der Waals surface area contributed by atoms with Crippen LogP contribution in [0.4, 0.5) is 0 Å². The number of likely N-dealkylation sites (N-methyl/N-ethyl adjacent to an activating group) is 1. The zero-order valence-electron chi connectivity index (χ0n) is 12.9. The van der Waals surface area contributed by atoms with Crippen LogP contribution in [0.2, 0.25) is 0 Å². The number of carbonyl (C=O) groups is 1. The molecule has 0 radical (unpaired) electrons. The van der Waals surface area contributed by atoms with Crippen molar-refractivity contribution in [3.8, 4) is 5.75 Å². The average Bonchev–Trinajstić information content (AvgIpc) is 2.47. The van der Waals surface area contributed by atoms with E-state index in [0.717, 1.165) is 41.7 Å². The van der Waals surface area contributed by atoms with Crippen LogP contribution in [0, 0.1) is 0 Å². The first-order chi connectivity index (χ1) is 10.0. The van der Waals surface area contributed by atoms with Crippen molar-refractivity contribution in [3.05, 3.63) is 28.2 Å². The SMILES string of the molecule is COc1ccc(C(=O)CN(C)C2CCN(C)CC2)cc1Br. The molecule has 0 unspecified atom stereocenters. The summed E-state index contributed by atoms with van der Waals surface area (Å²) in [7, 11) is 5.82. The molecule has 0 saturated carbocycles. The summed E-state index contributed by atoms with van der Waals surface area (Å²) < 4.78 is 6.01. The Morgan fingerprint density at radius 1 is 1.43 bits per heavy atom. The number of ether oxygens (including phenoxy) is 1. The zero-order chi connectivity index (χ0) is 15.4. The minimum absolute atomic E-state index is 0.153. The molecule has 5 heteroatoms. The fourth-order valence-electron chi connectivity index (χ4n) is 2.72. The van der Waals surface area contributed by atoms with Crippen molar-refractivity contribution < 1.29 is 9.53 Å². The van der Waals surface area contributed by atoms with Gasteiger partial charge in [0, 0.05) is 11.6 Å². The van der Waals surface area contributed by atoms with E-state index in [-0.39, 0.29) is 5.78 Å². The Morgan fingerprint density at radius 3 is 2.67 bits per heavy atom. The lowest BCUT2D eigenvalue weighted by molar-refractivity contribution is 0.0871. The van der Waals surface area contributed by atoms with Gasteiger partial charge in [-0.1, -0.05) is 0 Å². The summed E-state index contributed by atoms with van der Waals surface area (Å²) >= 11 is 3.43. The van der Waals surface area contributed by atoms with Crippen molar-refractivity contribution in [1.82, 2.24) is 9.80 Å². The van der Waals surface area contributed by atoms with E-state index >= 15 is 0 Å². The standard InChI is InChI=1S/C16H23BrN2O2/c1-18-8-6-13(7-9-18)19(2)11-15(20)12-4-5-16(21-3)14(17)10-12/h4-5,10,13H,6-9,11H2,1-3H3. The molecule has 0 amide bonds. The van der Waals surface area contributed by atoms with Gasteiger partial charge in [0.1, 0.15) is 5.75 Å². The highest BCUT2D eigenvalue weighted by Gasteiger charge is 2.22. The van der Waals surface area contributed by atoms with Crippen molar-refractivity contribution in [1.29, 1.82) is 0 Å². The number of methoxy groups -OCH3 is 1. The van der Waals surface area contributed by atoms with Crippen LogP contribution in [0.5, 0.6) is 5.75 Å². The Hall–Kier alpha value is -0.910. The molecule has 1 saturated heterocycles. The molecule has 0 atom stereocenters. The molecule has 0 aromatic heterocycles. The molecule has 0 spiro atoms. The maximum absolute atomic E-state index is 12.4. The van der Waals surface area contributed by atoms with Gasteiger partial charge >= 0.3 is 0 Å². The maximum Gasteiger partial charge on any atom is 0.176 e. The highest BCUT2D eigenvalue weighted by Crippen LogP contribution is 2.26. The lowest BCUT2D eigenvalue weighted by Gasteiger charge is -2.34. The average molecular weight is 355 g/mol. The van der Waals surface area contributed by atoms with Gasteiger partial charge in [-0.25, -0.2) is 0 Å². The molecule has 0 bridgehead atoms. The van der Waals surface area contributed by atoms with E-state index in [4.69, 9.17) is 4.74 Å². The number of hydrogen-bond acceptors (Lipinski definition) is 4. The minimum atomic E-state index is 0.153. The molecule has 1 aliphatic rings. The minimum Gasteiger partial charge on any atom is -0.496 e. The monoisotopic (exact) mass is 354 g/mol. The van der Waals surface area contributed by atoms with E-state index in [9.17, 15) is 4.79 Å². The molecule has 1 fully saturated rings. The van der Waals surface area contributed by atoms with Crippen LogP contribution in [0.25, 0.3) is 0 Å². The third kappa shape index (κ3) is 4.28. The Morgan fingerprint density at radius 2 is 2.10 bits per heavy atom. The molecule has 116 valence electrons. The molecule has 21 heavy (non-hydrogen) atoms. The van der Waals surface area contributed by atoms with Gasteiger partial charge in [0.05, 0.1) is 18.1 Å².